The van der Waals surface area contributed by atoms with Crippen LogP contribution in [-0.2, 0) is 0 Å². The molecule has 9 heteroatoms. The molecule has 3 heterocycles. The molecule has 0 fully saturated rings. The zero-order chi connectivity index (χ0) is 18.6. The van der Waals surface area contributed by atoms with Crippen LogP contribution in [0.3, 0.4) is 0 Å². The summed E-state index contributed by atoms with van der Waals surface area (Å²) in [7, 11) is 0. The van der Waals surface area contributed by atoms with Crippen LogP contribution in [0, 0.1) is 0 Å². The lowest BCUT2D eigenvalue weighted by Crippen LogP contribution is -2.17. The molecule has 4 N–H and O–H groups in total. The van der Waals surface area contributed by atoms with Crippen LogP contribution < -0.4 is 16.4 Å². The first-order chi connectivity index (χ1) is 13.3. The average Bonchev–Trinajstić information content (AvgIpc) is 3.34. The number of amides is 1. The molecule has 0 saturated heterocycles. The van der Waals surface area contributed by atoms with Gasteiger partial charge < -0.3 is 16.4 Å². The minimum absolute atomic E-state index is 0.308. The summed E-state index contributed by atoms with van der Waals surface area (Å²) in [4.78, 5) is 21.1. The molecule has 0 atom stereocenters. The van der Waals surface area contributed by atoms with Crippen molar-refractivity contribution in [3.05, 3.63) is 60.0 Å². The Morgan fingerprint density at radius 3 is 2.96 bits per heavy atom. The zero-order valence-electron chi connectivity index (χ0n) is 14.3. The van der Waals surface area contributed by atoms with E-state index in [1.54, 1.807) is 34.7 Å². The maximum absolute atomic E-state index is 12.6. The number of fused-ring (bicyclic) bond motifs is 1. The fourth-order valence-corrected chi connectivity index (χ4v) is 3.40. The Labute approximate surface area is 159 Å². The van der Waals surface area contributed by atoms with Crippen LogP contribution in [0.1, 0.15) is 10.5 Å². The number of para-hydroxylation sites is 1. The second-order valence-corrected chi connectivity index (χ2v) is 6.56. The van der Waals surface area contributed by atoms with Gasteiger partial charge >= 0.3 is 0 Å². The number of nitrogens with two attached hydrogens (primary N) is 1. The number of carbonyl (C=O) groups is 1. The van der Waals surface area contributed by atoms with E-state index in [1.807, 2.05) is 24.3 Å². The number of carbonyl (C=O) groups excluding carboxylic acids is 1. The van der Waals surface area contributed by atoms with Crippen LogP contribution in [0.4, 0.5) is 11.4 Å². The molecule has 4 rings (SSSR count). The van der Waals surface area contributed by atoms with Crippen LogP contribution in [0.2, 0.25) is 0 Å². The third kappa shape index (κ3) is 3.50. The lowest BCUT2D eigenvalue weighted by atomic mass is 10.3. The van der Waals surface area contributed by atoms with E-state index in [0.29, 0.717) is 29.6 Å². The van der Waals surface area contributed by atoms with E-state index in [0.717, 1.165) is 16.6 Å². The molecular weight excluding hydrogens is 362 g/mol. The minimum Gasteiger partial charge on any atom is -0.382 e. The monoisotopic (exact) mass is 379 g/mol. The Kier molecular flexibility index (Phi) is 4.77. The number of nitrogens with zero attached hydrogens (tertiary/aromatic N) is 4. The van der Waals surface area contributed by atoms with E-state index in [-0.39, 0.29) is 5.91 Å². The fraction of sp³-hybridized carbons (Fsp3) is 0.111. The Morgan fingerprint density at radius 1 is 1.19 bits per heavy atom. The molecule has 1 amide bonds. The van der Waals surface area contributed by atoms with Gasteiger partial charge in [-0.1, -0.05) is 18.2 Å². The second-order valence-electron chi connectivity index (χ2n) is 5.72. The molecular formula is C18H17N7OS. The number of anilines is 2. The Bertz CT molecular complexity index is 1090. The molecule has 27 heavy (non-hydrogen) atoms. The van der Waals surface area contributed by atoms with Gasteiger partial charge in [0.15, 0.2) is 0 Å². The number of nitrogens with one attached hydrogen (secondary N) is 2. The number of hydrogen-bond donors (Lipinski definition) is 3. The van der Waals surface area contributed by atoms with Gasteiger partial charge in [0.2, 0.25) is 5.13 Å². The molecule has 0 bridgehead atoms. The highest BCUT2D eigenvalue weighted by atomic mass is 32.1. The number of pyridine rings is 1. The quantitative estimate of drug-likeness (QED) is 0.475. The lowest BCUT2D eigenvalue weighted by molar-refractivity contribution is 0.102. The van der Waals surface area contributed by atoms with E-state index in [9.17, 15) is 4.79 Å². The molecule has 0 saturated carbocycles. The molecule has 0 spiro atoms. The number of rotatable bonds is 6. The Morgan fingerprint density at radius 2 is 2.07 bits per heavy atom. The molecule has 0 aliphatic rings. The highest BCUT2D eigenvalue weighted by Gasteiger charge is 2.15. The first-order valence-corrected chi connectivity index (χ1v) is 9.22. The average molecular weight is 379 g/mol. The van der Waals surface area contributed by atoms with Crippen molar-refractivity contribution < 1.29 is 4.79 Å². The molecule has 8 nitrogen and oxygen atoms in total. The van der Waals surface area contributed by atoms with Crippen LogP contribution in [0.5, 0.6) is 0 Å². The van der Waals surface area contributed by atoms with Gasteiger partial charge in [-0.05, 0) is 12.1 Å². The van der Waals surface area contributed by atoms with Gasteiger partial charge in [0.1, 0.15) is 5.69 Å². The third-order valence-corrected chi connectivity index (χ3v) is 4.73. The predicted molar refractivity (Wildman–Crippen MR) is 106 cm³/mol. The summed E-state index contributed by atoms with van der Waals surface area (Å²) in [6, 6.07) is 9.64. The number of aromatic nitrogens is 4. The second kappa shape index (κ2) is 7.52. The van der Waals surface area contributed by atoms with Gasteiger partial charge in [-0.2, -0.15) is 5.10 Å². The van der Waals surface area contributed by atoms with Crippen molar-refractivity contribution in [1.82, 2.24) is 19.7 Å². The number of benzene rings is 1. The highest BCUT2D eigenvalue weighted by molar-refractivity contribution is 7.12. The van der Waals surface area contributed by atoms with Crippen LogP contribution in [-0.4, -0.2) is 38.7 Å². The molecule has 0 radical (unpaired) electrons. The van der Waals surface area contributed by atoms with E-state index in [2.05, 4.69) is 25.7 Å². The first kappa shape index (κ1) is 17.1. The van der Waals surface area contributed by atoms with Gasteiger partial charge in [-0.15, -0.1) is 11.3 Å². The summed E-state index contributed by atoms with van der Waals surface area (Å²) in [6.45, 7) is 1.09. The lowest BCUT2D eigenvalue weighted by Gasteiger charge is -2.11. The van der Waals surface area contributed by atoms with Crippen LogP contribution in [0.15, 0.2) is 54.3 Å². The summed E-state index contributed by atoms with van der Waals surface area (Å²) < 4.78 is 1.73. The molecule has 0 aliphatic heterocycles. The van der Waals surface area contributed by atoms with Crippen molar-refractivity contribution in [2.24, 2.45) is 5.73 Å². The smallest absolute Gasteiger partial charge is 0.275 e. The Balaban J connectivity index is 1.56. The van der Waals surface area contributed by atoms with Crippen molar-refractivity contribution >= 4 is 39.5 Å². The van der Waals surface area contributed by atoms with Crippen molar-refractivity contribution in [1.29, 1.82) is 0 Å². The van der Waals surface area contributed by atoms with Gasteiger partial charge in [-0.3, -0.25) is 9.78 Å². The maximum Gasteiger partial charge on any atom is 0.275 e. The van der Waals surface area contributed by atoms with Crippen molar-refractivity contribution in [2.75, 3.05) is 23.7 Å². The molecule has 0 aliphatic carbocycles. The highest BCUT2D eigenvalue weighted by Crippen LogP contribution is 2.23. The predicted octanol–water partition coefficient (Wildman–Crippen LogP) is 2.50. The SMILES string of the molecule is NCCNc1ccncc1NC(=O)c1csc(-n2ncc3ccccc32)n1. The molecule has 4 aromatic rings. The van der Waals surface area contributed by atoms with Crippen molar-refractivity contribution in [3.63, 3.8) is 0 Å². The molecule has 0 unspecified atom stereocenters. The van der Waals surface area contributed by atoms with Gasteiger partial charge in [0, 0.05) is 30.1 Å². The topological polar surface area (TPSA) is 111 Å². The summed E-state index contributed by atoms with van der Waals surface area (Å²) in [6.07, 6.45) is 5.02. The van der Waals surface area contributed by atoms with E-state index in [4.69, 9.17) is 5.73 Å². The number of hydrogen-bond acceptors (Lipinski definition) is 7. The minimum atomic E-state index is -0.308. The van der Waals surface area contributed by atoms with Crippen LogP contribution in [0.25, 0.3) is 16.0 Å². The summed E-state index contributed by atoms with van der Waals surface area (Å²) >= 11 is 1.36. The summed E-state index contributed by atoms with van der Waals surface area (Å²) in [5.41, 5.74) is 8.13. The maximum atomic E-state index is 12.6. The summed E-state index contributed by atoms with van der Waals surface area (Å²) in [5, 5.41) is 13.7. The normalized spacial score (nSPS) is 10.9. The standard InChI is InChI=1S/C18H17N7OS/c19-6-8-21-13-5-7-20-10-14(13)23-17(26)15-11-27-18(24-15)25-16-4-2-1-3-12(16)9-22-25/h1-5,7,9-11H,6,8,19H2,(H,20,21)(H,23,26). The fourth-order valence-electron chi connectivity index (χ4n) is 2.63. The van der Waals surface area contributed by atoms with Gasteiger partial charge in [0.25, 0.3) is 5.91 Å². The van der Waals surface area contributed by atoms with Crippen molar-refractivity contribution in [2.45, 2.75) is 0 Å². The largest absolute Gasteiger partial charge is 0.382 e. The molecule has 3 aromatic heterocycles. The van der Waals surface area contributed by atoms with Crippen molar-refractivity contribution in [3.8, 4) is 5.13 Å². The van der Waals surface area contributed by atoms with E-state index < -0.39 is 0 Å². The molecule has 1 aromatic carbocycles. The first-order valence-electron chi connectivity index (χ1n) is 8.34. The Hall–Kier alpha value is -3.30. The number of thiazole rings is 1. The van der Waals surface area contributed by atoms with Crippen LogP contribution >= 0.6 is 11.3 Å². The van der Waals surface area contributed by atoms with Gasteiger partial charge in [-0.25, -0.2) is 9.67 Å². The third-order valence-electron chi connectivity index (χ3n) is 3.91. The molecule has 136 valence electrons. The zero-order valence-corrected chi connectivity index (χ0v) is 15.1. The summed E-state index contributed by atoms with van der Waals surface area (Å²) in [5.74, 6) is -0.308. The van der Waals surface area contributed by atoms with E-state index in [1.165, 1.54) is 11.3 Å². The van der Waals surface area contributed by atoms with Gasteiger partial charge in [0.05, 0.1) is 29.3 Å². The van der Waals surface area contributed by atoms with E-state index >= 15 is 0 Å².